The van der Waals surface area contributed by atoms with Gasteiger partial charge in [-0.3, -0.25) is 0 Å². The number of anilines is 6. The first-order valence-corrected chi connectivity index (χ1v) is 26.6. The third-order valence-electron chi connectivity index (χ3n) is 16.0. The molecule has 0 saturated carbocycles. The summed E-state index contributed by atoms with van der Waals surface area (Å²) in [6, 6.07) is 74.2. The maximum atomic E-state index is 7.14. The highest BCUT2D eigenvalue weighted by Crippen LogP contribution is 2.53. The second-order valence-electron chi connectivity index (χ2n) is 20.4. The Balaban J connectivity index is 0.988. The second-order valence-corrected chi connectivity index (χ2v) is 20.4. The van der Waals surface area contributed by atoms with Crippen LogP contribution >= 0.6 is 0 Å². The maximum absolute atomic E-state index is 7.14. The van der Waals surface area contributed by atoms with Crippen LogP contribution in [0.4, 0.5) is 34.1 Å². The summed E-state index contributed by atoms with van der Waals surface area (Å²) >= 11 is 0. The van der Waals surface area contributed by atoms with Gasteiger partial charge in [-0.05, 0) is 94.0 Å². The number of hydrogen-bond acceptors (Lipinski definition) is 6. The Hall–Kier alpha value is -9.52. The highest BCUT2D eigenvalue weighted by molar-refractivity contribution is 6.29. The van der Waals surface area contributed by atoms with Gasteiger partial charge in [0.15, 0.2) is 22.3 Å². The van der Waals surface area contributed by atoms with E-state index in [9.17, 15) is 0 Å². The van der Waals surface area contributed by atoms with Crippen LogP contribution < -0.4 is 9.80 Å². The minimum absolute atomic E-state index is 0.813. The zero-order chi connectivity index (χ0) is 50.2. The van der Waals surface area contributed by atoms with Gasteiger partial charge in [-0.2, -0.15) is 0 Å². The van der Waals surface area contributed by atoms with Gasteiger partial charge < -0.3 is 27.5 Å². The van der Waals surface area contributed by atoms with E-state index in [0.29, 0.717) is 0 Å². The molecule has 0 spiro atoms. The molecule has 16 aromatic rings. The number of benzene rings is 12. The van der Waals surface area contributed by atoms with Gasteiger partial charge in [0.2, 0.25) is 0 Å². The van der Waals surface area contributed by atoms with Crippen molar-refractivity contribution < 1.29 is 17.7 Å². The van der Waals surface area contributed by atoms with Crippen LogP contribution in [0, 0.1) is 0 Å². The average Bonchev–Trinajstić information content (AvgIpc) is 4.26. The molecule has 0 aliphatic heterocycles. The Morgan fingerprint density at radius 2 is 0.592 bits per heavy atom. The summed E-state index contributed by atoms with van der Waals surface area (Å²) in [6.07, 6.45) is 3.92. The SMILES string of the molecule is CCCc1cccc2c1oc1c(N(c3ccc4ccc5c(N(c6cccc7c6oc6ccccc67)c6cccc7c6oc6c(CCC)cccc67)ccc6ccc3c4c65)c3cccc4c3oc3ccccc34)cccc12. The fourth-order valence-corrected chi connectivity index (χ4v) is 12.8. The zero-order valence-electron chi connectivity index (χ0n) is 42.0. The fourth-order valence-electron chi connectivity index (χ4n) is 12.8. The molecule has 0 saturated heterocycles. The van der Waals surface area contributed by atoms with Crippen molar-refractivity contribution in [3.8, 4) is 0 Å². The predicted molar refractivity (Wildman–Crippen MR) is 317 cm³/mol. The lowest BCUT2D eigenvalue weighted by atomic mass is 9.91. The highest BCUT2D eigenvalue weighted by Gasteiger charge is 2.29. The van der Waals surface area contributed by atoms with Crippen LogP contribution in [0.1, 0.15) is 37.8 Å². The molecule has 362 valence electrons. The van der Waals surface area contributed by atoms with Crippen molar-refractivity contribution in [2.24, 2.45) is 0 Å². The smallest absolute Gasteiger partial charge is 0.159 e. The van der Waals surface area contributed by atoms with Crippen LogP contribution in [0.3, 0.4) is 0 Å². The first-order valence-electron chi connectivity index (χ1n) is 26.6. The Morgan fingerprint density at radius 3 is 1.00 bits per heavy atom. The average molecular weight is 981 g/mol. The largest absolute Gasteiger partial charge is 0.454 e. The molecule has 0 unspecified atom stereocenters. The quantitative estimate of drug-likeness (QED) is 0.127. The van der Waals surface area contributed by atoms with E-state index in [1.165, 1.54) is 21.9 Å². The highest BCUT2D eigenvalue weighted by atomic mass is 16.3. The molecule has 6 heteroatoms. The first kappa shape index (κ1) is 42.9. The lowest BCUT2D eigenvalue weighted by Gasteiger charge is -2.29. The van der Waals surface area contributed by atoms with Crippen LogP contribution in [0.25, 0.3) is 120 Å². The first-order chi connectivity index (χ1) is 37.6. The van der Waals surface area contributed by atoms with Crippen LogP contribution in [0.15, 0.2) is 224 Å². The number of hydrogen-bond donors (Lipinski definition) is 0. The summed E-state index contributed by atoms with van der Waals surface area (Å²) in [5, 5.41) is 15.5. The molecule has 0 aliphatic rings. The molecule has 12 aromatic carbocycles. The predicted octanol–water partition coefficient (Wildman–Crippen LogP) is 21.0. The third-order valence-corrected chi connectivity index (χ3v) is 16.0. The fraction of sp³-hybridized carbons (Fsp3) is 0.0857. The van der Waals surface area contributed by atoms with Crippen molar-refractivity contribution in [3.63, 3.8) is 0 Å². The Bertz CT molecular complexity index is 4690. The van der Waals surface area contributed by atoms with Crippen molar-refractivity contribution >= 4 is 154 Å². The molecular weight excluding hydrogens is 933 g/mol. The second kappa shape index (κ2) is 16.5. The van der Waals surface area contributed by atoms with Crippen LogP contribution in [0.2, 0.25) is 0 Å². The molecule has 76 heavy (non-hydrogen) atoms. The van der Waals surface area contributed by atoms with E-state index in [4.69, 9.17) is 17.7 Å². The number of rotatable bonds is 10. The minimum atomic E-state index is 0.813. The Morgan fingerprint density at radius 1 is 0.263 bits per heavy atom. The molecular formula is C70H48N2O4. The Kier molecular flexibility index (Phi) is 9.32. The summed E-state index contributed by atoms with van der Waals surface area (Å²) in [6.45, 7) is 4.45. The standard InChI is InChI=1S/C70H48N2O4/c1-3-15-43-17-9-21-49-51-25-13-29-59(69(51)75-65(43)49)71(57-27-11-23-47-45-19-5-7-31-61(45)73-67(47)57)55-39-35-41-34-38-54-56(40-36-42-33-37-53(55)63(41)64(42)54)72(58-28-12-24-48-46-20-6-8-32-62(46)74-68(48)58)60-30-14-26-52-50-22-10-18-44(16-4-2)66(50)76-70(52)60/h5-14,17-40H,3-4,15-16H2,1-2H3. The minimum Gasteiger partial charge on any atom is -0.454 e. The van der Waals surface area contributed by atoms with Gasteiger partial charge in [-0.25, -0.2) is 0 Å². The molecule has 16 rings (SSSR count). The van der Waals surface area contributed by atoms with Crippen molar-refractivity contribution in [2.45, 2.75) is 39.5 Å². The summed E-state index contributed by atoms with van der Waals surface area (Å²) in [5.74, 6) is 0. The van der Waals surface area contributed by atoms with Crippen LogP contribution in [0.5, 0.6) is 0 Å². The van der Waals surface area contributed by atoms with Gasteiger partial charge in [0.05, 0.1) is 34.1 Å². The van der Waals surface area contributed by atoms with Gasteiger partial charge >= 0.3 is 0 Å². The lowest BCUT2D eigenvalue weighted by Crippen LogP contribution is -2.12. The number of fused-ring (bicyclic) bond motifs is 12. The van der Waals surface area contributed by atoms with E-state index < -0.39 is 0 Å². The van der Waals surface area contributed by atoms with Crippen molar-refractivity contribution in [1.82, 2.24) is 0 Å². The normalized spacial score (nSPS) is 12.3. The molecule has 4 heterocycles. The number of nitrogens with zero attached hydrogens (tertiary/aromatic N) is 2. The van der Waals surface area contributed by atoms with Gasteiger partial charge in [-0.1, -0.05) is 184 Å². The maximum Gasteiger partial charge on any atom is 0.159 e. The van der Waals surface area contributed by atoms with Crippen molar-refractivity contribution in [3.05, 3.63) is 217 Å². The molecule has 0 radical (unpaired) electrons. The van der Waals surface area contributed by atoms with Crippen molar-refractivity contribution in [2.75, 3.05) is 9.80 Å². The van der Waals surface area contributed by atoms with E-state index >= 15 is 0 Å². The summed E-state index contributed by atoms with van der Waals surface area (Å²) < 4.78 is 28.1. The van der Waals surface area contributed by atoms with Crippen molar-refractivity contribution in [1.29, 1.82) is 0 Å². The lowest BCUT2D eigenvalue weighted by molar-refractivity contribution is 0.660. The number of aryl methyl sites for hydroxylation is 2. The van der Waals surface area contributed by atoms with Gasteiger partial charge in [0.1, 0.15) is 22.3 Å². The summed E-state index contributed by atoms with van der Waals surface area (Å²) in [5.41, 5.74) is 15.1. The molecule has 4 aromatic heterocycles. The topological polar surface area (TPSA) is 59.0 Å². The summed E-state index contributed by atoms with van der Waals surface area (Å²) in [7, 11) is 0. The van der Waals surface area contributed by atoms with Crippen LogP contribution in [-0.2, 0) is 12.8 Å². The van der Waals surface area contributed by atoms with E-state index in [1.807, 2.05) is 12.1 Å². The number of furan rings is 4. The van der Waals surface area contributed by atoms with E-state index in [2.05, 4.69) is 218 Å². The molecule has 0 N–H and O–H groups in total. The monoisotopic (exact) mass is 980 g/mol. The van der Waals surface area contributed by atoms with E-state index in [1.54, 1.807) is 0 Å². The molecule has 0 bridgehead atoms. The molecule has 0 aliphatic carbocycles. The number of para-hydroxylation sites is 8. The summed E-state index contributed by atoms with van der Waals surface area (Å²) in [4.78, 5) is 4.76. The zero-order valence-corrected chi connectivity index (χ0v) is 42.0. The van der Waals surface area contributed by atoms with Gasteiger partial charge in [0, 0.05) is 53.9 Å². The van der Waals surface area contributed by atoms with E-state index in [-0.39, 0.29) is 0 Å². The van der Waals surface area contributed by atoms with Gasteiger partial charge in [0.25, 0.3) is 0 Å². The molecule has 0 fully saturated rings. The van der Waals surface area contributed by atoms with Gasteiger partial charge in [-0.15, -0.1) is 0 Å². The third kappa shape index (κ3) is 6.09. The molecule has 0 amide bonds. The molecule has 0 atom stereocenters. The van der Waals surface area contributed by atoms with Crippen LogP contribution in [-0.4, -0.2) is 0 Å². The molecule has 6 nitrogen and oxygen atoms in total. The Labute approximate surface area is 436 Å². The van der Waals surface area contributed by atoms with E-state index in [0.717, 1.165) is 169 Å².